The number of nitro groups is 1. The van der Waals surface area contributed by atoms with Crippen LogP contribution in [-0.2, 0) is 6.18 Å². The molecular weight excluding hydrogens is 311 g/mol. The SMILES string of the molecule is O=C(Nc1cccc(C(F)(F)F)n1)c1ccc([N+](=O)[O-])s1. The van der Waals surface area contributed by atoms with Gasteiger partial charge < -0.3 is 5.32 Å². The minimum absolute atomic E-state index is 0.000844. The fraction of sp³-hybridized carbons (Fsp3) is 0.0909. The van der Waals surface area contributed by atoms with E-state index in [1.165, 1.54) is 12.1 Å². The Labute approximate surface area is 119 Å². The van der Waals surface area contributed by atoms with Crippen molar-refractivity contribution in [3.63, 3.8) is 0 Å². The number of hydrogen-bond acceptors (Lipinski definition) is 5. The first-order chi connectivity index (χ1) is 9.77. The first-order valence-corrected chi connectivity index (χ1v) is 6.19. The van der Waals surface area contributed by atoms with Gasteiger partial charge in [0.15, 0.2) is 0 Å². The highest BCUT2D eigenvalue weighted by atomic mass is 32.1. The molecule has 0 aliphatic rings. The molecule has 0 aliphatic heterocycles. The highest BCUT2D eigenvalue weighted by Crippen LogP contribution is 2.28. The van der Waals surface area contributed by atoms with Gasteiger partial charge in [0.25, 0.3) is 5.91 Å². The molecule has 2 rings (SSSR count). The zero-order chi connectivity index (χ0) is 15.6. The van der Waals surface area contributed by atoms with Gasteiger partial charge in [0.2, 0.25) is 0 Å². The number of carbonyl (C=O) groups excluding carboxylic acids is 1. The molecule has 0 unspecified atom stereocenters. The van der Waals surface area contributed by atoms with Crippen LogP contribution < -0.4 is 5.32 Å². The lowest BCUT2D eigenvalue weighted by atomic mass is 10.3. The summed E-state index contributed by atoms with van der Waals surface area (Å²) in [5.41, 5.74) is -1.14. The van der Waals surface area contributed by atoms with Gasteiger partial charge in [-0.15, -0.1) is 0 Å². The number of halogens is 3. The molecule has 1 N–H and O–H groups in total. The predicted molar refractivity (Wildman–Crippen MR) is 68.2 cm³/mol. The van der Waals surface area contributed by atoms with Crippen molar-refractivity contribution in [2.24, 2.45) is 0 Å². The van der Waals surface area contributed by atoms with E-state index in [2.05, 4.69) is 10.3 Å². The van der Waals surface area contributed by atoms with Crippen LogP contribution in [0.1, 0.15) is 15.4 Å². The Balaban J connectivity index is 2.17. The van der Waals surface area contributed by atoms with Crippen molar-refractivity contribution in [1.82, 2.24) is 4.98 Å². The minimum Gasteiger partial charge on any atom is -0.306 e. The molecule has 0 atom stereocenters. The molecule has 10 heteroatoms. The van der Waals surface area contributed by atoms with Crippen molar-refractivity contribution in [1.29, 1.82) is 0 Å². The van der Waals surface area contributed by atoms with E-state index in [9.17, 15) is 28.1 Å². The van der Waals surface area contributed by atoms with E-state index < -0.39 is 22.7 Å². The summed E-state index contributed by atoms with van der Waals surface area (Å²) in [5, 5.41) is 12.4. The molecular formula is C11H6F3N3O3S. The van der Waals surface area contributed by atoms with Gasteiger partial charge in [-0.2, -0.15) is 13.2 Å². The number of nitrogens with zero attached hydrogens (tertiary/aromatic N) is 2. The molecule has 0 saturated carbocycles. The Hall–Kier alpha value is -2.49. The van der Waals surface area contributed by atoms with Crippen LogP contribution in [0.4, 0.5) is 24.0 Å². The maximum Gasteiger partial charge on any atom is 0.433 e. The lowest BCUT2D eigenvalue weighted by Gasteiger charge is -2.07. The van der Waals surface area contributed by atoms with Crippen molar-refractivity contribution in [2.45, 2.75) is 6.18 Å². The van der Waals surface area contributed by atoms with Crippen LogP contribution in [0.2, 0.25) is 0 Å². The average molecular weight is 317 g/mol. The molecule has 0 bridgehead atoms. The van der Waals surface area contributed by atoms with E-state index in [0.29, 0.717) is 11.3 Å². The number of carbonyl (C=O) groups is 1. The van der Waals surface area contributed by atoms with Gasteiger partial charge in [0.1, 0.15) is 11.5 Å². The monoisotopic (exact) mass is 317 g/mol. The summed E-state index contributed by atoms with van der Waals surface area (Å²) >= 11 is 0.617. The normalized spacial score (nSPS) is 11.2. The van der Waals surface area contributed by atoms with Crippen LogP contribution in [0.5, 0.6) is 0 Å². The van der Waals surface area contributed by atoms with Gasteiger partial charge in [-0.25, -0.2) is 4.98 Å². The van der Waals surface area contributed by atoms with Crippen LogP contribution in [0, 0.1) is 10.1 Å². The highest BCUT2D eigenvalue weighted by Gasteiger charge is 2.32. The molecule has 2 aromatic heterocycles. The summed E-state index contributed by atoms with van der Waals surface area (Å²) in [4.78, 5) is 24.9. The van der Waals surface area contributed by atoms with Gasteiger partial charge in [0.05, 0.1) is 9.80 Å². The lowest BCUT2D eigenvalue weighted by molar-refractivity contribution is -0.380. The molecule has 0 fully saturated rings. The molecule has 110 valence electrons. The van der Waals surface area contributed by atoms with Crippen LogP contribution in [-0.4, -0.2) is 15.8 Å². The minimum atomic E-state index is -4.62. The maximum atomic E-state index is 12.5. The van der Waals surface area contributed by atoms with Crippen LogP contribution in [0.3, 0.4) is 0 Å². The van der Waals surface area contributed by atoms with E-state index >= 15 is 0 Å². The summed E-state index contributed by atoms with van der Waals surface area (Å²) in [6.45, 7) is 0. The summed E-state index contributed by atoms with van der Waals surface area (Å²) in [7, 11) is 0. The number of nitrogens with one attached hydrogen (secondary N) is 1. The molecule has 6 nitrogen and oxygen atoms in total. The highest BCUT2D eigenvalue weighted by molar-refractivity contribution is 7.17. The van der Waals surface area contributed by atoms with Crippen molar-refractivity contribution < 1.29 is 22.9 Å². The molecule has 0 radical (unpaired) electrons. The lowest BCUT2D eigenvalue weighted by Crippen LogP contribution is -2.14. The topological polar surface area (TPSA) is 85.1 Å². The van der Waals surface area contributed by atoms with Crippen molar-refractivity contribution in [3.05, 3.63) is 51.0 Å². The zero-order valence-electron chi connectivity index (χ0n) is 10.0. The van der Waals surface area contributed by atoms with Gasteiger partial charge >= 0.3 is 11.2 Å². The van der Waals surface area contributed by atoms with Gasteiger partial charge in [-0.05, 0) is 18.2 Å². The van der Waals surface area contributed by atoms with Gasteiger partial charge in [-0.1, -0.05) is 17.4 Å². The molecule has 2 heterocycles. The number of rotatable bonds is 3. The summed E-state index contributed by atoms with van der Waals surface area (Å²) in [6, 6.07) is 5.41. The number of aromatic nitrogens is 1. The summed E-state index contributed by atoms with van der Waals surface area (Å²) < 4.78 is 37.4. The van der Waals surface area contributed by atoms with Crippen LogP contribution >= 0.6 is 11.3 Å². The van der Waals surface area contributed by atoms with E-state index in [1.54, 1.807) is 0 Å². The number of alkyl halides is 3. The second-order valence-electron chi connectivity index (χ2n) is 3.75. The molecule has 0 aliphatic carbocycles. The Bertz CT molecular complexity index is 699. The fourth-order valence-corrected chi connectivity index (χ4v) is 2.10. The van der Waals surface area contributed by atoms with Crippen LogP contribution in [0.25, 0.3) is 0 Å². The molecule has 21 heavy (non-hydrogen) atoms. The Morgan fingerprint density at radius 3 is 2.57 bits per heavy atom. The molecule has 2 aromatic rings. The maximum absolute atomic E-state index is 12.5. The number of hydrogen-bond donors (Lipinski definition) is 1. The van der Waals surface area contributed by atoms with E-state index in [1.807, 2.05) is 0 Å². The Morgan fingerprint density at radius 2 is 2.00 bits per heavy atom. The largest absolute Gasteiger partial charge is 0.433 e. The van der Waals surface area contributed by atoms with E-state index in [0.717, 1.165) is 18.2 Å². The Kier molecular flexibility index (Phi) is 3.89. The summed E-state index contributed by atoms with van der Waals surface area (Å²) in [5.74, 6) is -1.05. The van der Waals surface area contributed by atoms with Gasteiger partial charge in [0, 0.05) is 6.07 Å². The summed E-state index contributed by atoms with van der Waals surface area (Å²) in [6.07, 6.45) is -4.62. The predicted octanol–water partition coefficient (Wildman–Crippen LogP) is 3.32. The molecule has 0 spiro atoms. The van der Waals surface area contributed by atoms with E-state index in [4.69, 9.17) is 0 Å². The molecule has 1 amide bonds. The fourth-order valence-electron chi connectivity index (χ4n) is 1.39. The number of thiophene rings is 1. The molecule has 0 aromatic carbocycles. The Morgan fingerprint density at radius 1 is 1.29 bits per heavy atom. The van der Waals surface area contributed by atoms with Crippen LogP contribution in [0.15, 0.2) is 30.3 Å². The van der Waals surface area contributed by atoms with E-state index in [-0.39, 0.29) is 15.7 Å². The number of amides is 1. The quantitative estimate of drug-likeness (QED) is 0.695. The smallest absolute Gasteiger partial charge is 0.306 e. The average Bonchev–Trinajstić information content (AvgIpc) is 2.88. The third-order valence-corrected chi connectivity index (χ3v) is 3.31. The first-order valence-electron chi connectivity index (χ1n) is 5.37. The standard InChI is InChI=1S/C11H6F3N3O3S/c12-11(13,14)7-2-1-3-8(15-7)16-10(18)6-4-5-9(21-6)17(19)20/h1-5H,(H,15,16,18). The first kappa shape index (κ1) is 14.9. The number of pyridine rings is 1. The number of anilines is 1. The van der Waals surface area contributed by atoms with Crippen molar-refractivity contribution in [3.8, 4) is 0 Å². The third kappa shape index (κ3) is 3.54. The zero-order valence-corrected chi connectivity index (χ0v) is 10.9. The van der Waals surface area contributed by atoms with Gasteiger partial charge in [-0.3, -0.25) is 14.9 Å². The van der Waals surface area contributed by atoms with Crippen molar-refractivity contribution >= 4 is 28.1 Å². The second-order valence-corrected chi connectivity index (χ2v) is 4.82. The third-order valence-electron chi connectivity index (χ3n) is 2.28. The molecule has 0 saturated heterocycles. The van der Waals surface area contributed by atoms with Crippen molar-refractivity contribution in [2.75, 3.05) is 5.32 Å². The second kappa shape index (κ2) is 5.48.